The number of hydrogen-bond donors (Lipinski definition) is 2. The second kappa shape index (κ2) is 10.2. The van der Waals surface area contributed by atoms with Crippen molar-refractivity contribution in [1.29, 1.82) is 0 Å². The lowest BCUT2D eigenvalue weighted by molar-refractivity contribution is 0.0702. The van der Waals surface area contributed by atoms with Gasteiger partial charge < -0.3 is 19.8 Å². The molecule has 3 aromatic rings. The van der Waals surface area contributed by atoms with Gasteiger partial charge in [0.1, 0.15) is 17.0 Å². The molecule has 8 heteroatoms. The van der Waals surface area contributed by atoms with Crippen molar-refractivity contribution in [3.8, 4) is 0 Å². The molecule has 180 valence electrons. The second-order valence-electron chi connectivity index (χ2n) is 9.29. The average molecular weight is 464 g/mol. The van der Waals surface area contributed by atoms with Gasteiger partial charge in [0.15, 0.2) is 0 Å². The van der Waals surface area contributed by atoms with E-state index >= 15 is 0 Å². The molecule has 8 nitrogen and oxygen atoms in total. The van der Waals surface area contributed by atoms with E-state index in [-0.39, 0.29) is 29.0 Å². The summed E-state index contributed by atoms with van der Waals surface area (Å²) in [5, 5.41) is 2.80. The Kier molecular flexibility index (Phi) is 7.14. The molecule has 2 amide bonds. The number of imidazole rings is 1. The van der Waals surface area contributed by atoms with Crippen LogP contribution in [0.1, 0.15) is 85.0 Å². The number of nitrogens with one attached hydrogen (secondary N) is 2. The highest BCUT2D eigenvalue weighted by Crippen LogP contribution is 2.27. The van der Waals surface area contributed by atoms with E-state index in [1.54, 1.807) is 21.9 Å². The minimum atomic E-state index is -0.512. The molecule has 1 fully saturated rings. The van der Waals surface area contributed by atoms with Crippen LogP contribution in [0.5, 0.6) is 0 Å². The number of rotatable bonds is 7. The summed E-state index contributed by atoms with van der Waals surface area (Å²) in [6, 6.07) is 7.87. The molecule has 1 atom stereocenters. The van der Waals surface area contributed by atoms with E-state index in [2.05, 4.69) is 10.3 Å². The lowest BCUT2D eigenvalue weighted by atomic mass is 9.96. The Morgan fingerprint density at radius 2 is 1.97 bits per heavy atom. The summed E-state index contributed by atoms with van der Waals surface area (Å²) < 4.78 is 1.77. The Balaban J connectivity index is 1.60. The maximum absolute atomic E-state index is 13.5. The topological polar surface area (TPSA) is 100 Å². The predicted octanol–water partition coefficient (Wildman–Crippen LogP) is 3.86. The van der Waals surface area contributed by atoms with E-state index in [0.29, 0.717) is 19.6 Å². The fourth-order valence-electron chi connectivity index (χ4n) is 4.40. The fourth-order valence-corrected chi connectivity index (χ4v) is 4.40. The minimum absolute atomic E-state index is 0.000931. The van der Waals surface area contributed by atoms with E-state index in [4.69, 9.17) is 4.98 Å². The maximum atomic E-state index is 13.5. The van der Waals surface area contributed by atoms with Crippen LogP contribution in [0.4, 0.5) is 0 Å². The lowest BCUT2D eigenvalue weighted by Gasteiger charge is -2.32. The van der Waals surface area contributed by atoms with Crippen molar-refractivity contribution < 1.29 is 9.59 Å². The zero-order valence-electron chi connectivity index (χ0n) is 20.1. The van der Waals surface area contributed by atoms with Gasteiger partial charge in [-0.25, -0.2) is 4.98 Å². The first-order chi connectivity index (χ1) is 16.4. The molecule has 34 heavy (non-hydrogen) atoms. The molecule has 0 saturated carbocycles. The summed E-state index contributed by atoms with van der Waals surface area (Å²) in [6.45, 7) is 7.50. The van der Waals surface area contributed by atoms with Crippen LogP contribution in [0.3, 0.4) is 0 Å². The van der Waals surface area contributed by atoms with E-state index in [9.17, 15) is 14.4 Å². The number of carbonyl (C=O) groups excluding carboxylic acids is 2. The molecule has 0 aliphatic carbocycles. The number of carbonyl (C=O) groups is 2. The standard InChI is InChI=1S/C26H33N5O3/c1-4-5-12-27-25(33)19-15-31(17(2)3)16-20(23(19)32)26(34)30-13-8-9-18(14-30)24-28-21-10-6-7-11-22(21)29-24/h6-7,10-11,15-18H,4-5,8-9,12-14H2,1-3H3,(H,27,33)(H,28,29). The van der Waals surface area contributed by atoms with Crippen LogP contribution < -0.4 is 10.7 Å². The third-order valence-electron chi connectivity index (χ3n) is 6.44. The second-order valence-corrected chi connectivity index (χ2v) is 9.29. The lowest BCUT2D eigenvalue weighted by Crippen LogP contribution is -2.42. The highest BCUT2D eigenvalue weighted by molar-refractivity contribution is 5.99. The Hall–Kier alpha value is -3.42. The van der Waals surface area contributed by atoms with Crippen LogP contribution in [0.15, 0.2) is 41.5 Å². The zero-order valence-corrected chi connectivity index (χ0v) is 20.1. The number of pyridine rings is 1. The monoisotopic (exact) mass is 463 g/mol. The van der Waals surface area contributed by atoms with Crippen LogP contribution in [0.2, 0.25) is 0 Å². The van der Waals surface area contributed by atoms with Gasteiger partial charge in [-0.2, -0.15) is 0 Å². The number of aromatic amines is 1. The third kappa shape index (κ3) is 4.90. The molecule has 4 rings (SSSR count). The van der Waals surface area contributed by atoms with Gasteiger partial charge in [-0.3, -0.25) is 14.4 Å². The van der Waals surface area contributed by atoms with Crippen LogP contribution >= 0.6 is 0 Å². The van der Waals surface area contributed by atoms with Gasteiger partial charge >= 0.3 is 0 Å². The summed E-state index contributed by atoms with van der Waals surface area (Å²) in [4.78, 5) is 49.3. The number of piperidine rings is 1. The summed E-state index contributed by atoms with van der Waals surface area (Å²) in [7, 11) is 0. The first-order valence-electron chi connectivity index (χ1n) is 12.2. The minimum Gasteiger partial charge on any atom is -0.352 e. The molecule has 2 aromatic heterocycles. The number of unbranched alkanes of at least 4 members (excludes halogenated alkanes) is 1. The number of para-hydroxylation sites is 2. The van der Waals surface area contributed by atoms with E-state index in [0.717, 1.165) is 42.5 Å². The Bertz CT molecular complexity index is 1210. The molecule has 0 radical (unpaired) electrons. The highest BCUT2D eigenvalue weighted by Gasteiger charge is 2.30. The van der Waals surface area contributed by atoms with Crippen LogP contribution in [0.25, 0.3) is 11.0 Å². The van der Waals surface area contributed by atoms with Gasteiger partial charge in [0, 0.05) is 44.0 Å². The highest BCUT2D eigenvalue weighted by atomic mass is 16.2. The van der Waals surface area contributed by atoms with E-state index in [1.165, 1.54) is 0 Å². The molecular weight excluding hydrogens is 430 g/mol. The zero-order chi connectivity index (χ0) is 24.2. The molecule has 0 spiro atoms. The van der Waals surface area contributed by atoms with Gasteiger partial charge in [-0.1, -0.05) is 25.5 Å². The number of fused-ring (bicyclic) bond motifs is 1. The van der Waals surface area contributed by atoms with Crippen LogP contribution in [-0.4, -0.2) is 50.9 Å². The van der Waals surface area contributed by atoms with Gasteiger partial charge in [-0.15, -0.1) is 0 Å². The van der Waals surface area contributed by atoms with Crippen LogP contribution in [0, 0.1) is 0 Å². The van der Waals surface area contributed by atoms with Crippen molar-refractivity contribution in [2.75, 3.05) is 19.6 Å². The molecule has 3 heterocycles. The fraction of sp³-hybridized carbons (Fsp3) is 0.462. The number of aromatic nitrogens is 3. The van der Waals surface area contributed by atoms with E-state index in [1.807, 2.05) is 45.0 Å². The Labute approximate surface area is 199 Å². The third-order valence-corrected chi connectivity index (χ3v) is 6.44. The Morgan fingerprint density at radius 1 is 1.21 bits per heavy atom. The maximum Gasteiger partial charge on any atom is 0.259 e. The largest absolute Gasteiger partial charge is 0.352 e. The van der Waals surface area contributed by atoms with Gasteiger partial charge in [0.05, 0.1) is 11.0 Å². The summed E-state index contributed by atoms with van der Waals surface area (Å²) in [5.74, 6) is 0.171. The molecule has 2 N–H and O–H groups in total. The Morgan fingerprint density at radius 3 is 2.71 bits per heavy atom. The van der Waals surface area contributed by atoms with Gasteiger partial charge in [-0.05, 0) is 45.2 Å². The normalized spacial score (nSPS) is 16.2. The summed E-state index contributed by atoms with van der Waals surface area (Å²) >= 11 is 0. The van der Waals surface area contributed by atoms with Crippen molar-refractivity contribution in [1.82, 2.24) is 24.8 Å². The summed E-state index contributed by atoms with van der Waals surface area (Å²) in [6.07, 6.45) is 6.65. The number of H-pyrrole nitrogens is 1. The number of benzene rings is 1. The van der Waals surface area contributed by atoms with Gasteiger partial charge in [0.2, 0.25) is 5.43 Å². The number of nitrogens with zero attached hydrogens (tertiary/aromatic N) is 3. The summed E-state index contributed by atoms with van der Waals surface area (Å²) in [5.41, 5.74) is 1.43. The molecular formula is C26H33N5O3. The van der Waals surface area contributed by atoms with Crippen molar-refractivity contribution in [2.45, 2.75) is 58.4 Å². The van der Waals surface area contributed by atoms with Crippen LogP contribution in [-0.2, 0) is 0 Å². The SMILES string of the molecule is CCCCNC(=O)c1cn(C(C)C)cc(C(=O)N2CCCC(c3nc4ccccc4[nH]3)C2)c1=O. The smallest absolute Gasteiger partial charge is 0.259 e. The van der Waals surface area contributed by atoms with Gasteiger partial charge in [0.25, 0.3) is 11.8 Å². The van der Waals surface area contributed by atoms with E-state index < -0.39 is 11.3 Å². The van der Waals surface area contributed by atoms with Crippen molar-refractivity contribution >= 4 is 22.8 Å². The number of hydrogen-bond acceptors (Lipinski definition) is 4. The number of likely N-dealkylation sites (tertiary alicyclic amines) is 1. The molecule has 1 saturated heterocycles. The first-order valence-corrected chi connectivity index (χ1v) is 12.2. The molecule has 1 aliphatic rings. The number of amides is 2. The molecule has 1 unspecified atom stereocenters. The molecule has 0 bridgehead atoms. The van der Waals surface area contributed by atoms with Crippen molar-refractivity contribution in [3.05, 3.63) is 63.8 Å². The predicted molar refractivity (Wildman–Crippen MR) is 132 cm³/mol. The molecule has 1 aromatic carbocycles. The van der Waals surface area contributed by atoms with Crippen molar-refractivity contribution in [2.24, 2.45) is 0 Å². The van der Waals surface area contributed by atoms with Crippen molar-refractivity contribution in [3.63, 3.8) is 0 Å². The quantitative estimate of drug-likeness (QED) is 0.520. The average Bonchev–Trinajstić information content (AvgIpc) is 3.28. The molecule has 1 aliphatic heterocycles. The first kappa shape index (κ1) is 23.7.